The van der Waals surface area contributed by atoms with E-state index in [2.05, 4.69) is 57.8 Å². The third-order valence-corrected chi connectivity index (χ3v) is 23.0. The zero-order valence-corrected chi connectivity index (χ0v) is 41.5. The zero-order valence-electron chi connectivity index (χ0n) is 31.5. The SMILES string of the molecule is CC.CO[Si](C)(CCCOc1ccc(C(C)(C)c2ccc(OCCC[Si](C)(OC)O[SiH](C)O[SiH2]O[SiH3])cc2)cc1)O[SiH]=O.C[SiH](C)[SiH]=O. The molecule has 0 bridgehead atoms. The highest BCUT2D eigenvalue weighted by molar-refractivity contribution is 7.04. The second-order valence-corrected chi connectivity index (χ2v) is 33.1. The Labute approximate surface area is 305 Å². The van der Waals surface area contributed by atoms with Crippen molar-refractivity contribution in [1.82, 2.24) is 0 Å². The highest BCUT2D eigenvalue weighted by atomic mass is 29.2. The smallest absolute Gasteiger partial charge is 0.474 e. The third kappa shape index (κ3) is 18.8. The molecule has 274 valence electrons. The number of hydrogen-bond donors (Lipinski definition) is 0. The number of ether oxygens (including phenoxy) is 2. The molecule has 0 aromatic heterocycles. The van der Waals surface area contributed by atoms with Gasteiger partial charge in [-0.15, -0.1) is 0 Å². The van der Waals surface area contributed by atoms with E-state index in [1.807, 2.05) is 51.2 Å². The lowest BCUT2D eigenvalue weighted by Crippen LogP contribution is -2.43. The molecule has 0 amide bonds. The van der Waals surface area contributed by atoms with Crippen molar-refractivity contribution in [3.05, 3.63) is 59.7 Å². The van der Waals surface area contributed by atoms with Crippen molar-refractivity contribution in [2.75, 3.05) is 27.4 Å². The summed E-state index contributed by atoms with van der Waals surface area (Å²) in [7, 11) is -5.39. The predicted octanol–water partition coefficient (Wildman–Crippen LogP) is 3.66. The van der Waals surface area contributed by atoms with Gasteiger partial charge in [-0.05, 0) is 73.9 Å². The van der Waals surface area contributed by atoms with Crippen molar-refractivity contribution in [1.29, 1.82) is 0 Å². The van der Waals surface area contributed by atoms with Gasteiger partial charge in [0.2, 0.25) is 8.92 Å². The molecule has 0 aliphatic heterocycles. The molecule has 0 saturated heterocycles. The lowest BCUT2D eigenvalue weighted by Gasteiger charge is -2.28. The van der Waals surface area contributed by atoms with E-state index < -0.39 is 54.4 Å². The second-order valence-electron chi connectivity index (χ2n) is 12.1. The molecule has 10 nitrogen and oxygen atoms in total. The molecule has 3 unspecified atom stereocenters. The van der Waals surface area contributed by atoms with Crippen LogP contribution in [-0.4, -0.2) is 101 Å². The summed E-state index contributed by atoms with van der Waals surface area (Å²) in [6, 6.07) is 18.2. The zero-order chi connectivity index (χ0) is 36.6. The van der Waals surface area contributed by atoms with Gasteiger partial charge in [0.25, 0.3) is 19.3 Å². The molecule has 0 heterocycles. The summed E-state index contributed by atoms with van der Waals surface area (Å²) in [6.07, 6.45) is 1.64. The van der Waals surface area contributed by atoms with Gasteiger partial charge in [0.1, 0.15) is 22.0 Å². The third-order valence-electron chi connectivity index (χ3n) is 7.51. The Bertz CT molecular complexity index is 1130. The first kappa shape index (κ1) is 47.0. The van der Waals surface area contributed by atoms with Crippen LogP contribution in [-0.2, 0) is 39.7 Å². The Kier molecular flexibility index (Phi) is 25.3. The maximum Gasteiger partial charge on any atom is 0.474 e. The minimum atomic E-state index is -2.34. The number of benzene rings is 2. The molecule has 2 aromatic carbocycles. The number of hydrogen-bond acceptors (Lipinski definition) is 10. The van der Waals surface area contributed by atoms with Gasteiger partial charge in [-0.1, -0.05) is 65.1 Å². The summed E-state index contributed by atoms with van der Waals surface area (Å²) in [6.45, 7) is 19.8. The van der Waals surface area contributed by atoms with Crippen LogP contribution in [0.25, 0.3) is 0 Å². The van der Waals surface area contributed by atoms with Crippen LogP contribution in [0.1, 0.15) is 51.7 Å². The van der Waals surface area contributed by atoms with E-state index in [0.29, 0.717) is 23.7 Å². The minimum Gasteiger partial charge on any atom is -0.561 e. The Morgan fingerprint density at radius 2 is 1.21 bits per heavy atom. The molecule has 0 aliphatic rings. The average molecular weight is 808 g/mol. The maximum atomic E-state index is 10.9. The van der Waals surface area contributed by atoms with Crippen LogP contribution < -0.4 is 9.47 Å². The summed E-state index contributed by atoms with van der Waals surface area (Å²) in [5.41, 5.74) is 2.23. The monoisotopic (exact) mass is 806 g/mol. The van der Waals surface area contributed by atoms with Gasteiger partial charge in [-0.25, -0.2) is 0 Å². The highest BCUT2D eigenvalue weighted by Gasteiger charge is 2.33. The average Bonchev–Trinajstić information content (AvgIpc) is 3.09. The number of rotatable bonds is 22. The standard InChI is InChI=1S/C26H48O9Si6.C2H8OSi2.C2H6/c1-26(2,22-10-14-24(15-11-22)30-18-8-20-40(6,28-3)34-37-27)23-12-16-25(17-13-23)31-19-9-21-41(7,29-4)35-39(5)33-38-32-36;1-5(2)4-3;1-2/h10-17,37,39H,8-9,18-21,38H2,1-7,36H3;4-5H,1-2H3;1-2H3. The summed E-state index contributed by atoms with van der Waals surface area (Å²) in [4.78, 5) is 0. The van der Waals surface area contributed by atoms with E-state index in [1.165, 1.54) is 11.1 Å². The minimum absolute atomic E-state index is 0.180. The van der Waals surface area contributed by atoms with Gasteiger partial charge in [0, 0.05) is 25.7 Å². The molecule has 3 atom stereocenters. The van der Waals surface area contributed by atoms with Crippen molar-refractivity contribution in [2.24, 2.45) is 0 Å². The quantitative estimate of drug-likeness (QED) is 0.129. The van der Waals surface area contributed by atoms with Gasteiger partial charge in [-0.2, -0.15) is 0 Å². The first-order valence-corrected chi connectivity index (χ1v) is 32.2. The lowest BCUT2D eigenvalue weighted by atomic mass is 9.78. The topological polar surface area (TPSA) is 108 Å². The molecule has 0 fully saturated rings. The fourth-order valence-electron chi connectivity index (χ4n) is 4.34. The van der Waals surface area contributed by atoms with E-state index in [-0.39, 0.29) is 14.3 Å². The van der Waals surface area contributed by atoms with E-state index in [4.69, 9.17) is 34.8 Å². The molecule has 0 saturated carbocycles. The first-order chi connectivity index (χ1) is 22.8. The van der Waals surface area contributed by atoms with Gasteiger partial charge in [-0.3, -0.25) is 0 Å². The van der Waals surface area contributed by atoms with E-state index in [9.17, 15) is 8.92 Å². The van der Waals surface area contributed by atoms with E-state index in [1.54, 1.807) is 14.2 Å². The Morgan fingerprint density at radius 1 is 0.792 bits per heavy atom. The highest BCUT2D eigenvalue weighted by Crippen LogP contribution is 2.33. The maximum absolute atomic E-state index is 10.9. The van der Waals surface area contributed by atoms with E-state index in [0.717, 1.165) is 36.4 Å². The molecular weight excluding hydrogens is 745 g/mol. The molecule has 0 radical (unpaired) electrons. The second kappa shape index (κ2) is 25.9. The summed E-state index contributed by atoms with van der Waals surface area (Å²) in [5, 5.41) is 0. The lowest BCUT2D eigenvalue weighted by molar-refractivity contribution is 0.269. The normalized spacial score (nSPS) is 14.5. The summed E-state index contributed by atoms with van der Waals surface area (Å²) in [5.74, 6) is 1.68. The first-order valence-electron chi connectivity index (χ1n) is 16.7. The van der Waals surface area contributed by atoms with Crippen LogP contribution >= 0.6 is 0 Å². The Morgan fingerprint density at radius 3 is 1.56 bits per heavy atom. The predicted molar refractivity (Wildman–Crippen MR) is 214 cm³/mol. The largest absolute Gasteiger partial charge is 0.561 e. The Balaban J connectivity index is 0.00000287. The molecule has 0 aliphatic carbocycles. The van der Waals surface area contributed by atoms with Gasteiger partial charge < -0.3 is 43.7 Å². The molecule has 2 rings (SSSR count). The van der Waals surface area contributed by atoms with Crippen LogP contribution in [0.4, 0.5) is 0 Å². The fraction of sp³-hybridized carbons (Fsp3) is 0.600. The molecule has 2 aromatic rings. The van der Waals surface area contributed by atoms with Crippen molar-refractivity contribution >= 4 is 73.8 Å². The van der Waals surface area contributed by atoms with Gasteiger partial charge in [0.05, 0.1) is 21.5 Å². The van der Waals surface area contributed by atoms with Gasteiger partial charge >= 0.3 is 26.8 Å². The molecular formula is C30H62O10Si8. The van der Waals surface area contributed by atoms with Crippen molar-refractivity contribution in [3.8, 4) is 11.5 Å². The molecule has 0 spiro atoms. The molecule has 0 N–H and O–H groups in total. The van der Waals surface area contributed by atoms with Crippen molar-refractivity contribution < 1.29 is 43.7 Å². The van der Waals surface area contributed by atoms with E-state index >= 15 is 0 Å². The summed E-state index contributed by atoms with van der Waals surface area (Å²) < 4.78 is 66.4. The molecule has 18 heteroatoms. The summed E-state index contributed by atoms with van der Waals surface area (Å²) >= 11 is 0. The van der Waals surface area contributed by atoms with Gasteiger partial charge in [0.15, 0.2) is 0 Å². The Hall–Kier alpha value is -1.02. The van der Waals surface area contributed by atoms with Crippen LogP contribution in [0.3, 0.4) is 0 Å². The van der Waals surface area contributed by atoms with Crippen LogP contribution in [0.5, 0.6) is 11.5 Å². The van der Waals surface area contributed by atoms with Crippen LogP contribution in [0.2, 0.25) is 44.8 Å². The molecule has 48 heavy (non-hydrogen) atoms. The fourth-order valence-corrected chi connectivity index (χ4v) is 15.1. The van der Waals surface area contributed by atoms with Crippen molar-refractivity contribution in [2.45, 2.75) is 90.8 Å². The van der Waals surface area contributed by atoms with Crippen molar-refractivity contribution in [3.63, 3.8) is 0 Å². The van der Waals surface area contributed by atoms with Crippen LogP contribution in [0, 0.1) is 0 Å². The van der Waals surface area contributed by atoms with Crippen LogP contribution in [0.15, 0.2) is 48.5 Å².